The first kappa shape index (κ1) is 11.5. The summed E-state index contributed by atoms with van der Waals surface area (Å²) in [5, 5.41) is 6.50. The molecular formula is C13H22N2O2. The van der Waals surface area contributed by atoms with Gasteiger partial charge in [-0.1, -0.05) is 0 Å². The molecule has 3 rings (SSSR count). The number of amides is 1. The molecule has 96 valence electrons. The molecule has 2 saturated heterocycles. The highest BCUT2D eigenvalue weighted by molar-refractivity contribution is 5.79. The largest absolute Gasteiger partial charge is 0.374 e. The molecule has 2 heterocycles. The summed E-state index contributed by atoms with van der Waals surface area (Å²) in [7, 11) is 0. The van der Waals surface area contributed by atoms with E-state index >= 15 is 0 Å². The van der Waals surface area contributed by atoms with Gasteiger partial charge >= 0.3 is 0 Å². The normalized spacial score (nSPS) is 32.4. The average Bonchev–Trinajstić information content (AvgIpc) is 2.68. The fourth-order valence-corrected chi connectivity index (χ4v) is 3.12. The van der Waals surface area contributed by atoms with Gasteiger partial charge in [-0.05, 0) is 51.6 Å². The molecule has 17 heavy (non-hydrogen) atoms. The van der Waals surface area contributed by atoms with Gasteiger partial charge in [-0.3, -0.25) is 4.79 Å². The highest BCUT2D eigenvalue weighted by atomic mass is 16.5. The van der Waals surface area contributed by atoms with E-state index in [9.17, 15) is 4.79 Å². The van der Waals surface area contributed by atoms with Crippen molar-refractivity contribution in [2.75, 3.05) is 19.7 Å². The van der Waals surface area contributed by atoms with Gasteiger partial charge in [0.25, 0.3) is 0 Å². The van der Waals surface area contributed by atoms with Crippen molar-refractivity contribution in [1.82, 2.24) is 10.6 Å². The molecule has 0 radical (unpaired) electrons. The SMILES string of the molecule is O=C(NC1CCC1)C1COC2(CCNCC2)C1. The Balaban J connectivity index is 1.53. The summed E-state index contributed by atoms with van der Waals surface area (Å²) >= 11 is 0. The van der Waals surface area contributed by atoms with Crippen LogP contribution >= 0.6 is 0 Å². The second kappa shape index (κ2) is 4.58. The zero-order valence-corrected chi connectivity index (χ0v) is 10.3. The van der Waals surface area contributed by atoms with Crippen LogP contribution in [0.1, 0.15) is 38.5 Å². The lowest BCUT2D eigenvalue weighted by Gasteiger charge is -2.33. The van der Waals surface area contributed by atoms with E-state index in [4.69, 9.17) is 4.74 Å². The quantitative estimate of drug-likeness (QED) is 0.748. The van der Waals surface area contributed by atoms with Gasteiger partial charge in [-0.25, -0.2) is 0 Å². The fourth-order valence-electron chi connectivity index (χ4n) is 3.12. The van der Waals surface area contributed by atoms with Gasteiger partial charge in [-0.15, -0.1) is 0 Å². The van der Waals surface area contributed by atoms with Crippen LogP contribution in [0.25, 0.3) is 0 Å². The van der Waals surface area contributed by atoms with E-state index in [1.807, 2.05) is 0 Å². The summed E-state index contributed by atoms with van der Waals surface area (Å²) in [6.07, 6.45) is 6.62. The zero-order chi connectivity index (χ0) is 11.7. The average molecular weight is 238 g/mol. The van der Waals surface area contributed by atoms with E-state index in [2.05, 4.69) is 10.6 Å². The minimum Gasteiger partial charge on any atom is -0.374 e. The van der Waals surface area contributed by atoms with E-state index in [0.717, 1.165) is 45.2 Å². The molecule has 2 aliphatic heterocycles. The number of piperidine rings is 1. The maximum Gasteiger partial charge on any atom is 0.225 e. The molecule has 1 amide bonds. The van der Waals surface area contributed by atoms with Crippen molar-refractivity contribution in [1.29, 1.82) is 0 Å². The molecule has 4 heteroatoms. The van der Waals surface area contributed by atoms with Gasteiger partial charge in [0.15, 0.2) is 0 Å². The van der Waals surface area contributed by atoms with Crippen molar-refractivity contribution in [3.05, 3.63) is 0 Å². The van der Waals surface area contributed by atoms with Crippen molar-refractivity contribution >= 4 is 5.91 Å². The summed E-state index contributed by atoms with van der Waals surface area (Å²) < 4.78 is 5.95. The van der Waals surface area contributed by atoms with Gasteiger partial charge in [0.1, 0.15) is 0 Å². The van der Waals surface area contributed by atoms with Gasteiger partial charge in [0.2, 0.25) is 5.91 Å². The van der Waals surface area contributed by atoms with Crippen molar-refractivity contribution < 1.29 is 9.53 Å². The topological polar surface area (TPSA) is 50.4 Å². The molecule has 1 saturated carbocycles. The number of hydrogen-bond acceptors (Lipinski definition) is 3. The third-order valence-corrected chi connectivity index (χ3v) is 4.55. The van der Waals surface area contributed by atoms with Gasteiger partial charge in [-0.2, -0.15) is 0 Å². The Morgan fingerprint density at radius 1 is 1.29 bits per heavy atom. The highest BCUT2D eigenvalue weighted by Crippen LogP contribution is 2.37. The molecule has 0 aromatic rings. The Bertz CT molecular complexity index is 296. The van der Waals surface area contributed by atoms with Crippen LogP contribution in [0.4, 0.5) is 0 Å². The van der Waals surface area contributed by atoms with Gasteiger partial charge < -0.3 is 15.4 Å². The van der Waals surface area contributed by atoms with Crippen LogP contribution in [0.15, 0.2) is 0 Å². The predicted molar refractivity (Wildman–Crippen MR) is 64.7 cm³/mol. The number of carbonyl (C=O) groups is 1. The molecule has 0 bridgehead atoms. The Morgan fingerprint density at radius 2 is 2.06 bits per heavy atom. The summed E-state index contributed by atoms with van der Waals surface area (Å²) in [5.41, 5.74) is 0.00682. The first-order valence-electron chi connectivity index (χ1n) is 6.93. The Hall–Kier alpha value is -0.610. The van der Waals surface area contributed by atoms with Crippen LogP contribution in [0, 0.1) is 5.92 Å². The minimum absolute atomic E-state index is 0.00682. The Kier molecular flexibility index (Phi) is 3.09. The van der Waals surface area contributed by atoms with E-state index in [1.165, 1.54) is 6.42 Å². The standard InChI is InChI=1S/C13H22N2O2/c16-12(15-11-2-1-3-11)10-8-13(17-9-10)4-6-14-7-5-13/h10-11,14H,1-9H2,(H,15,16). The van der Waals surface area contributed by atoms with Crippen LogP contribution in [0.2, 0.25) is 0 Å². The summed E-state index contributed by atoms with van der Waals surface area (Å²) in [4.78, 5) is 12.1. The fraction of sp³-hybridized carbons (Fsp3) is 0.923. The smallest absolute Gasteiger partial charge is 0.225 e. The first-order valence-corrected chi connectivity index (χ1v) is 6.93. The van der Waals surface area contributed by atoms with E-state index in [1.54, 1.807) is 0 Å². The summed E-state index contributed by atoms with van der Waals surface area (Å²) in [6, 6.07) is 0.451. The third kappa shape index (κ3) is 2.33. The number of nitrogens with one attached hydrogen (secondary N) is 2. The molecule has 1 atom stereocenters. The van der Waals surface area contributed by atoms with Crippen LogP contribution in [-0.2, 0) is 9.53 Å². The minimum atomic E-state index is 0.00682. The monoisotopic (exact) mass is 238 g/mol. The maximum absolute atomic E-state index is 12.1. The molecule has 0 aromatic heterocycles. The molecule has 2 N–H and O–H groups in total. The Labute approximate surface area is 102 Å². The lowest BCUT2D eigenvalue weighted by atomic mass is 9.85. The first-order chi connectivity index (χ1) is 8.27. The van der Waals surface area contributed by atoms with Gasteiger partial charge in [0, 0.05) is 6.04 Å². The highest BCUT2D eigenvalue weighted by Gasteiger charge is 2.43. The van der Waals surface area contributed by atoms with E-state index in [-0.39, 0.29) is 17.4 Å². The number of hydrogen-bond donors (Lipinski definition) is 2. The van der Waals surface area contributed by atoms with E-state index in [0.29, 0.717) is 12.6 Å². The van der Waals surface area contributed by atoms with E-state index < -0.39 is 0 Å². The molecule has 3 fully saturated rings. The predicted octanol–water partition coefficient (Wildman–Crippen LogP) is 0.814. The molecule has 1 aliphatic carbocycles. The molecule has 1 spiro atoms. The molecule has 0 aromatic carbocycles. The second-order valence-electron chi connectivity index (χ2n) is 5.78. The zero-order valence-electron chi connectivity index (χ0n) is 10.3. The van der Waals surface area contributed by atoms with Gasteiger partial charge in [0.05, 0.1) is 18.1 Å². The van der Waals surface area contributed by atoms with Crippen molar-refractivity contribution in [2.45, 2.75) is 50.2 Å². The molecular weight excluding hydrogens is 216 g/mol. The molecule has 3 aliphatic rings. The molecule has 4 nitrogen and oxygen atoms in total. The van der Waals surface area contributed by atoms with Crippen LogP contribution in [-0.4, -0.2) is 37.2 Å². The number of carbonyl (C=O) groups excluding carboxylic acids is 1. The third-order valence-electron chi connectivity index (χ3n) is 4.55. The van der Waals surface area contributed by atoms with Crippen molar-refractivity contribution in [3.8, 4) is 0 Å². The van der Waals surface area contributed by atoms with Crippen LogP contribution in [0.3, 0.4) is 0 Å². The van der Waals surface area contributed by atoms with Crippen LogP contribution in [0.5, 0.6) is 0 Å². The number of ether oxygens (including phenoxy) is 1. The lowest BCUT2D eigenvalue weighted by molar-refractivity contribution is -0.126. The Morgan fingerprint density at radius 3 is 2.71 bits per heavy atom. The maximum atomic E-state index is 12.1. The van der Waals surface area contributed by atoms with Crippen molar-refractivity contribution in [2.24, 2.45) is 5.92 Å². The van der Waals surface area contributed by atoms with Crippen molar-refractivity contribution in [3.63, 3.8) is 0 Å². The number of rotatable bonds is 2. The van der Waals surface area contributed by atoms with Crippen LogP contribution < -0.4 is 10.6 Å². The summed E-state index contributed by atoms with van der Waals surface area (Å²) in [5.74, 6) is 0.318. The second-order valence-corrected chi connectivity index (χ2v) is 5.78. The lowest BCUT2D eigenvalue weighted by Crippen LogP contribution is -2.44. The molecule has 1 unspecified atom stereocenters. The summed E-state index contributed by atoms with van der Waals surface area (Å²) in [6.45, 7) is 2.67.